The average Bonchev–Trinajstić information content (AvgIpc) is 2.75. The number of carbonyl (C=O) groups is 1. The monoisotopic (exact) mass is 386 g/mol. The van der Waals surface area contributed by atoms with Crippen molar-refractivity contribution >= 4 is 39.8 Å². The highest BCUT2D eigenvalue weighted by Crippen LogP contribution is 2.29. The van der Waals surface area contributed by atoms with Crippen LogP contribution >= 0.6 is 0 Å². The van der Waals surface area contributed by atoms with Gasteiger partial charge >= 0.3 is 0 Å². The van der Waals surface area contributed by atoms with E-state index in [1.165, 1.54) is 18.7 Å². The van der Waals surface area contributed by atoms with Gasteiger partial charge in [-0.25, -0.2) is 9.97 Å². The molecule has 0 aliphatic carbocycles. The van der Waals surface area contributed by atoms with Crippen molar-refractivity contribution < 1.29 is 4.79 Å². The number of hydrazine groups is 1. The third-order valence-corrected chi connectivity index (χ3v) is 4.23. The molecule has 0 atom stereocenters. The van der Waals surface area contributed by atoms with Crippen LogP contribution in [0.15, 0.2) is 61.2 Å². The number of nitrogens with two attached hydrogens (primary N) is 1. The Hall–Kier alpha value is -4.27. The van der Waals surface area contributed by atoms with E-state index >= 15 is 0 Å². The van der Waals surface area contributed by atoms with Crippen molar-refractivity contribution in [1.82, 2.24) is 25.4 Å². The van der Waals surface area contributed by atoms with E-state index in [1.54, 1.807) is 12.1 Å². The third-order valence-electron chi connectivity index (χ3n) is 4.23. The molecule has 0 fully saturated rings. The fraction of sp³-hybridized carbons (Fsp3) is 0.0500. The number of fused-ring (bicyclic) bond motifs is 1. The molecule has 0 bridgehead atoms. The maximum Gasteiger partial charge on any atom is 0.269 e. The van der Waals surface area contributed by atoms with Crippen molar-refractivity contribution in [2.75, 3.05) is 16.5 Å². The van der Waals surface area contributed by atoms with Crippen molar-refractivity contribution in [2.24, 2.45) is 0 Å². The lowest BCUT2D eigenvalue weighted by Crippen LogP contribution is -2.30. The van der Waals surface area contributed by atoms with Gasteiger partial charge in [-0.05, 0) is 31.2 Å². The first-order chi connectivity index (χ1) is 14.1. The predicted molar refractivity (Wildman–Crippen MR) is 112 cm³/mol. The van der Waals surface area contributed by atoms with E-state index in [2.05, 4.69) is 36.1 Å². The van der Waals surface area contributed by atoms with Crippen molar-refractivity contribution in [3.05, 3.63) is 72.4 Å². The summed E-state index contributed by atoms with van der Waals surface area (Å²) in [4.78, 5) is 29.0. The lowest BCUT2D eigenvalue weighted by Gasteiger charge is -2.14. The number of anilines is 4. The zero-order valence-corrected chi connectivity index (χ0v) is 15.5. The van der Waals surface area contributed by atoms with E-state index in [4.69, 9.17) is 5.73 Å². The number of carbonyl (C=O) groups excluding carboxylic acids is 1. The number of nitrogens with zero attached hydrogens (tertiary/aromatic N) is 4. The second kappa shape index (κ2) is 7.77. The molecule has 3 heterocycles. The molecule has 29 heavy (non-hydrogen) atoms. The van der Waals surface area contributed by atoms with Gasteiger partial charge < -0.3 is 11.1 Å². The molecule has 0 spiro atoms. The Labute approximate surface area is 166 Å². The van der Waals surface area contributed by atoms with Gasteiger partial charge in [-0.15, -0.1) is 0 Å². The Morgan fingerprint density at radius 1 is 1.00 bits per heavy atom. The van der Waals surface area contributed by atoms with Crippen molar-refractivity contribution in [3.8, 4) is 0 Å². The summed E-state index contributed by atoms with van der Waals surface area (Å²) in [6, 6.07) is 13.0. The molecule has 0 aliphatic heterocycles. The molecule has 9 heteroatoms. The quantitative estimate of drug-likeness (QED) is 0.385. The molecule has 4 aromatic rings. The molecule has 0 saturated heterocycles. The van der Waals surface area contributed by atoms with Crippen molar-refractivity contribution in [3.63, 3.8) is 0 Å². The number of hydrogen-bond acceptors (Lipinski definition) is 8. The summed E-state index contributed by atoms with van der Waals surface area (Å²) >= 11 is 0. The zero-order chi connectivity index (χ0) is 20.2. The molecule has 1 amide bonds. The number of benzene rings is 1. The Balaban J connectivity index is 1.56. The maximum absolute atomic E-state index is 12.2. The van der Waals surface area contributed by atoms with Crippen molar-refractivity contribution in [1.29, 1.82) is 0 Å². The van der Waals surface area contributed by atoms with Gasteiger partial charge in [0.05, 0.1) is 11.2 Å². The SMILES string of the molecule is Cc1ccc2cccc(Nc3ncnc(NNC(=O)c4ccncc4)c3N)c2n1. The van der Waals surface area contributed by atoms with Gasteiger partial charge in [0.15, 0.2) is 11.6 Å². The van der Waals surface area contributed by atoms with E-state index in [1.807, 2.05) is 37.3 Å². The summed E-state index contributed by atoms with van der Waals surface area (Å²) in [5.74, 6) is 0.333. The number of aromatic nitrogens is 4. The first-order valence-electron chi connectivity index (χ1n) is 8.82. The highest BCUT2D eigenvalue weighted by molar-refractivity contribution is 5.96. The number of hydrogen-bond donors (Lipinski definition) is 4. The molecular formula is C20H18N8O. The Morgan fingerprint density at radius 2 is 1.79 bits per heavy atom. The van der Waals surface area contributed by atoms with Crippen LogP contribution in [0.5, 0.6) is 0 Å². The summed E-state index contributed by atoms with van der Waals surface area (Å²) in [6.07, 6.45) is 4.43. The van der Waals surface area contributed by atoms with E-state index < -0.39 is 0 Å². The molecule has 3 aromatic heterocycles. The van der Waals surface area contributed by atoms with Crippen LogP contribution < -0.4 is 21.9 Å². The van der Waals surface area contributed by atoms with Crippen LogP contribution in [0, 0.1) is 6.92 Å². The Morgan fingerprint density at radius 3 is 2.62 bits per heavy atom. The second-order valence-corrected chi connectivity index (χ2v) is 6.25. The first-order valence-corrected chi connectivity index (χ1v) is 8.82. The van der Waals surface area contributed by atoms with Crippen LogP contribution in [0.2, 0.25) is 0 Å². The highest BCUT2D eigenvalue weighted by Gasteiger charge is 2.12. The summed E-state index contributed by atoms with van der Waals surface area (Å²) in [7, 11) is 0. The average molecular weight is 386 g/mol. The van der Waals surface area contributed by atoms with Gasteiger partial charge in [0.25, 0.3) is 5.91 Å². The summed E-state index contributed by atoms with van der Waals surface area (Å²) in [5, 5.41) is 4.20. The molecule has 5 N–H and O–H groups in total. The lowest BCUT2D eigenvalue weighted by molar-refractivity contribution is 0.0962. The molecule has 9 nitrogen and oxygen atoms in total. The molecular weight excluding hydrogens is 368 g/mol. The topological polar surface area (TPSA) is 131 Å². The summed E-state index contributed by atoms with van der Waals surface area (Å²) in [6.45, 7) is 1.93. The van der Waals surface area contributed by atoms with Gasteiger partial charge in [0.1, 0.15) is 12.0 Å². The number of para-hydroxylation sites is 1. The van der Waals surface area contributed by atoms with E-state index in [0.717, 1.165) is 22.3 Å². The molecule has 0 saturated carbocycles. The molecule has 4 rings (SSSR count). The fourth-order valence-corrected chi connectivity index (χ4v) is 2.76. The minimum Gasteiger partial charge on any atom is -0.393 e. The molecule has 0 aliphatic rings. The first kappa shape index (κ1) is 18.1. The number of amides is 1. The normalized spacial score (nSPS) is 10.5. The van der Waals surface area contributed by atoms with Crippen molar-refractivity contribution in [2.45, 2.75) is 6.92 Å². The minimum atomic E-state index is -0.339. The minimum absolute atomic E-state index is 0.257. The van der Waals surface area contributed by atoms with Gasteiger partial charge in [-0.2, -0.15) is 0 Å². The smallest absolute Gasteiger partial charge is 0.269 e. The predicted octanol–water partition coefficient (Wildman–Crippen LogP) is 2.81. The number of nitrogens with one attached hydrogen (secondary N) is 3. The number of aryl methyl sites for hydroxylation is 1. The largest absolute Gasteiger partial charge is 0.393 e. The Kier molecular flexibility index (Phi) is 4.85. The van der Waals surface area contributed by atoms with Crippen LogP contribution in [0.3, 0.4) is 0 Å². The molecule has 0 unspecified atom stereocenters. The number of rotatable bonds is 5. The van der Waals surface area contributed by atoms with Gasteiger partial charge in [-0.3, -0.25) is 25.6 Å². The van der Waals surface area contributed by atoms with E-state index in [-0.39, 0.29) is 17.4 Å². The van der Waals surface area contributed by atoms with Gasteiger partial charge in [-0.1, -0.05) is 18.2 Å². The summed E-state index contributed by atoms with van der Waals surface area (Å²) in [5.41, 5.74) is 14.7. The maximum atomic E-state index is 12.2. The summed E-state index contributed by atoms with van der Waals surface area (Å²) < 4.78 is 0. The van der Waals surface area contributed by atoms with E-state index in [0.29, 0.717) is 11.4 Å². The van der Waals surface area contributed by atoms with Crippen LogP contribution in [0.25, 0.3) is 10.9 Å². The van der Waals surface area contributed by atoms with Crippen LogP contribution in [0.1, 0.15) is 16.1 Å². The molecule has 1 aromatic carbocycles. The molecule has 0 radical (unpaired) electrons. The highest BCUT2D eigenvalue weighted by atomic mass is 16.2. The van der Waals surface area contributed by atoms with Gasteiger partial charge in [0.2, 0.25) is 0 Å². The van der Waals surface area contributed by atoms with Crippen LogP contribution in [0.4, 0.5) is 23.0 Å². The van der Waals surface area contributed by atoms with Crippen LogP contribution in [-0.4, -0.2) is 25.8 Å². The van der Waals surface area contributed by atoms with Crippen LogP contribution in [-0.2, 0) is 0 Å². The zero-order valence-electron chi connectivity index (χ0n) is 15.5. The van der Waals surface area contributed by atoms with Gasteiger partial charge in [0, 0.05) is 29.0 Å². The number of pyridine rings is 2. The molecule has 144 valence electrons. The fourth-order valence-electron chi connectivity index (χ4n) is 2.76. The van der Waals surface area contributed by atoms with E-state index in [9.17, 15) is 4.79 Å². The Bertz CT molecular complexity index is 1180. The number of nitrogen functional groups attached to an aromatic ring is 1. The lowest BCUT2D eigenvalue weighted by atomic mass is 10.1. The second-order valence-electron chi connectivity index (χ2n) is 6.25. The standard InChI is InChI=1S/C20H18N8O/c1-12-5-6-13-3-2-4-15(17(13)25-12)26-18-16(21)19(24-11-23-18)27-28-20(29)14-7-9-22-10-8-14/h2-11H,21H2,1H3,(H,28,29)(H2,23,24,26,27). The third kappa shape index (κ3) is 3.88.